The van der Waals surface area contributed by atoms with Gasteiger partial charge in [0.25, 0.3) is 0 Å². The molecule has 0 bridgehead atoms. The second kappa shape index (κ2) is 7.21. The predicted octanol–water partition coefficient (Wildman–Crippen LogP) is 1.21. The molecular formula is C11H26N2O. The highest BCUT2D eigenvalue weighted by Gasteiger charge is 2.17. The van der Waals surface area contributed by atoms with Crippen molar-refractivity contribution in [3.05, 3.63) is 0 Å². The van der Waals surface area contributed by atoms with Crippen molar-refractivity contribution in [2.24, 2.45) is 5.73 Å². The molecule has 0 amide bonds. The van der Waals surface area contributed by atoms with Crippen LogP contribution < -0.4 is 5.73 Å². The Morgan fingerprint density at radius 3 is 2.36 bits per heavy atom. The highest BCUT2D eigenvalue weighted by atomic mass is 16.3. The van der Waals surface area contributed by atoms with Crippen molar-refractivity contribution < 1.29 is 5.11 Å². The van der Waals surface area contributed by atoms with Gasteiger partial charge in [-0.3, -0.25) is 0 Å². The summed E-state index contributed by atoms with van der Waals surface area (Å²) in [5.74, 6) is 0. The van der Waals surface area contributed by atoms with E-state index in [4.69, 9.17) is 5.73 Å². The second-order valence-electron chi connectivity index (χ2n) is 4.24. The topological polar surface area (TPSA) is 49.5 Å². The van der Waals surface area contributed by atoms with Crippen LogP contribution in [0.1, 0.15) is 40.0 Å². The van der Waals surface area contributed by atoms with Gasteiger partial charge in [0, 0.05) is 6.54 Å². The maximum Gasteiger partial charge on any atom is 0.0741 e. The maximum absolute atomic E-state index is 9.70. The van der Waals surface area contributed by atoms with Gasteiger partial charge in [-0.15, -0.1) is 0 Å². The minimum absolute atomic E-state index is 0.354. The van der Waals surface area contributed by atoms with Gasteiger partial charge in [-0.1, -0.05) is 13.8 Å². The Kier molecular flexibility index (Phi) is 7.15. The molecule has 0 spiro atoms. The van der Waals surface area contributed by atoms with E-state index in [2.05, 4.69) is 18.7 Å². The highest BCUT2D eigenvalue weighted by Crippen LogP contribution is 2.10. The predicted molar refractivity (Wildman–Crippen MR) is 61.3 cm³/mol. The lowest BCUT2D eigenvalue weighted by Crippen LogP contribution is -2.35. The molecule has 0 aromatic carbocycles. The number of rotatable bonds is 8. The van der Waals surface area contributed by atoms with Crippen molar-refractivity contribution in [1.82, 2.24) is 4.90 Å². The lowest BCUT2D eigenvalue weighted by atomic mass is 10.0. The summed E-state index contributed by atoms with van der Waals surface area (Å²) in [5, 5.41) is 9.70. The lowest BCUT2D eigenvalue weighted by molar-refractivity contribution is 0.0545. The Morgan fingerprint density at radius 1 is 1.29 bits per heavy atom. The maximum atomic E-state index is 9.70. The number of aliphatic hydroxyl groups is 1. The van der Waals surface area contributed by atoms with Crippen LogP contribution in [0.5, 0.6) is 0 Å². The van der Waals surface area contributed by atoms with E-state index in [-0.39, 0.29) is 0 Å². The highest BCUT2D eigenvalue weighted by molar-refractivity contribution is 4.73. The molecule has 0 aliphatic rings. The zero-order valence-corrected chi connectivity index (χ0v) is 9.92. The van der Waals surface area contributed by atoms with Gasteiger partial charge in [-0.25, -0.2) is 0 Å². The monoisotopic (exact) mass is 202 g/mol. The fourth-order valence-corrected chi connectivity index (χ4v) is 1.53. The molecule has 0 heterocycles. The first-order chi connectivity index (χ1) is 6.55. The molecule has 0 aromatic rings. The van der Waals surface area contributed by atoms with Crippen LogP contribution in [0.25, 0.3) is 0 Å². The van der Waals surface area contributed by atoms with Crippen LogP contribution in [0.15, 0.2) is 0 Å². The summed E-state index contributed by atoms with van der Waals surface area (Å²) in [6.07, 6.45) is 3.02. The quantitative estimate of drug-likeness (QED) is 0.622. The van der Waals surface area contributed by atoms with Crippen LogP contribution in [0, 0.1) is 0 Å². The van der Waals surface area contributed by atoms with Crippen LogP contribution in [-0.4, -0.2) is 41.8 Å². The molecule has 86 valence electrons. The summed E-state index contributed by atoms with van der Waals surface area (Å²) in [7, 11) is 0. The average Bonchev–Trinajstić information content (AvgIpc) is 2.16. The standard InChI is InChI=1S/C11H26N2O/c1-4-8-13(5-2)9-6-7-11(3,14)10-12/h14H,4-10,12H2,1-3H3. The third kappa shape index (κ3) is 6.35. The normalized spacial score (nSPS) is 15.9. The van der Waals surface area contributed by atoms with Crippen LogP contribution >= 0.6 is 0 Å². The zero-order valence-electron chi connectivity index (χ0n) is 9.92. The van der Waals surface area contributed by atoms with Crippen LogP contribution in [0.4, 0.5) is 0 Å². The average molecular weight is 202 g/mol. The molecule has 0 rings (SSSR count). The third-order valence-electron chi connectivity index (χ3n) is 2.62. The van der Waals surface area contributed by atoms with Crippen molar-refractivity contribution in [1.29, 1.82) is 0 Å². The van der Waals surface area contributed by atoms with E-state index in [0.29, 0.717) is 6.54 Å². The first-order valence-corrected chi connectivity index (χ1v) is 5.70. The Bertz CT molecular complexity index is 137. The Morgan fingerprint density at radius 2 is 1.93 bits per heavy atom. The van der Waals surface area contributed by atoms with E-state index >= 15 is 0 Å². The Balaban J connectivity index is 3.60. The van der Waals surface area contributed by atoms with Crippen molar-refractivity contribution in [2.75, 3.05) is 26.2 Å². The minimum Gasteiger partial charge on any atom is -0.389 e. The molecule has 3 N–H and O–H groups in total. The van der Waals surface area contributed by atoms with Crippen LogP contribution in [0.2, 0.25) is 0 Å². The molecule has 3 nitrogen and oxygen atoms in total. The van der Waals surface area contributed by atoms with Crippen molar-refractivity contribution >= 4 is 0 Å². The molecule has 0 aromatic heterocycles. The van der Waals surface area contributed by atoms with Gasteiger partial charge in [-0.05, 0) is 45.8 Å². The van der Waals surface area contributed by atoms with Gasteiger partial charge in [0.05, 0.1) is 5.60 Å². The molecule has 0 fully saturated rings. The van der Waals surface area contributed by atoms with Crippen molar-refractivity contribution in [3.8, 4) is 0 Å². The molecule has 0 saturated heterocycles. The molecule has 3 heteroatoms. The molecule has 0 aliphatic carbocycles. The van der Waals surface area contributed by atoms with Gasteiger partial charge in [0.1, 0.15) is 0 Å². The van der Waals surface area contributed by atoms with E-state index < -0.39 is 5.60 Å². The van der Waals surface area contributed by atoms with Gasteiger partial charge in [0.15, 0.2) is 0 Å². The summed E-state index contributed by atoms with van der Waals surface area (Å²) in [4.78, 5) is 2.41. The first kappa shape index (κ1) is 13.9. The van der Waals surface area contributed by atoms with Crippen LogP contribution in [0.3, 0.4) is 0 Å². The number of nitrogens with two attached hydrogens (primary N) is 1. The van der Waals surface area contributed by atoms with E-state index in [0.717, 1.165) is 32.5 Å². The number of hydrogen-bond acceptors (Lipinski definition) is 3. The van der Waals surface area contributed by atoms with Gasteiger partial charge in [0.2, 0.25) is 0 Å². The summed E-state index contributed by atoms with van der Waals surface area (Å²) >= 11 is 0. The van der Waals surface area contributed by atoms with Gasteiger partial charge in [-0.2, -0.15) is 0 Å². The largest absolute Gasteiger partial charge is 0.389 e. The van der Waals surface area contributed by atoms with Gasteiger partial charge >= 0.3 is 0 Å². The smallest absolute Gasteiger partial charge is 0.0741 e. The summed E-state index contributed by atoms with van der Waals surface area (Å²) in [6.45, 7) is 9.85. The fourth-order valence-electron chi connectivity index (χ4n) is 1.53. The summed E-state index contributed by atoms with van der Waals surface area (Å²) in [6, 6.07) is 0. The third-order valence-corrected chi connectivity index (χ3v) is 2.62. The molecular weight excluding hydrogens is 176 g/mol. The fraction of sp³-hybridized carbons (Fsp3) is 1.00. The second-order valence-corrected chi connectivity index (χ2v) is 4.24. The minimum atomic E-state index is -0.675. The van der Waals surface area contributed by atoms with E-state index in [1.165, 1.54) is 6.42 Å². The van der Waals surface area contributed by atoms with E-state index in [1.54, 1.807) is 0 Å². The summed E-state index contributed by atoms with van der Waals surface area (Å²) in [5.41, 5.74) is 4.78. The Labute approximate surface area is 88.3 Å². The SMILES string of the molecule is CCCN(CC)CCCC(C)(O)CN. The summed E-state index contributed by atoms with van der Waals surface area (Å²) < 4.78 is 0. The Hall–Kier alpha value is -0.120. The van der Waals surface area contributed by atoms with Crippen LogP contribution in [-0.2, 0) is 0 Å². The van der Waals surface area contributed by atoms with E-state index in [1.807, 2.05) is 6.92 Å². The number of hydrogen-bond donors (Lipinski definition) is 2. The number of nitrogens with zero attached hydrogens (tertiary/aromatic N) is 1. The molecule has 0 radical (unpaired) electrons. The zero-order chi connectivity index (χ0) is 11.0. The molecule has 0 aliphatic heterocycles. The molecule has 1 atom stereocenters. The molecule has 0 saturated carbocycles. The van der Waals surface area contributed by atoms with E-state index in [9.17, 15) is 5.11 Å². The molecule has 1 unspecified atom stereocenters. The molecule has 14 heavy (non-hydrogen) atoms. The lowest BCUT2D eigenvalue weighted by Gasteiger charge is -2.24. The van der Waals surface area contributed by atoms with Gasteiger partial charge < -0.3 is 15.7 Å². The first-order valence-electron chi connectivity index (χ1n) is 5.70. The van der Waals surface area contributed by atoms with Crippen molar-refractivity contribution in [3.63, 3.8) is 0 Å². The van der Waals surface area contributed by atoms with Crippen molar-refractivity contribution in [2.45, 2.75) is 45.6 Å².